The van der Waals surface area contributed by atoms with Crippen molar-refractivity contribution in [3.8, 4) is 0 Å². The highest BCUT2D eigenvalue weighted by atomic mass is 31.2. The van der Waals surface area contributed by atoms with Gasteiger partial charge in [0.2, 0.25) is 0 Å². The number of allylic oxidation sites excluding steroid dienone is 12. The third-order valence-electron chi connectivity index (χ3n) is 8.69. The van der Waals surface area contributed by atoms with Gasteiger partial charge in [-0.05, 0) is 76.7 Å². The van der Waals surface area contributed by atoms with Gasteiger partial charge in [-0.2, -0.15) is 0 Å². The SMILES string of the molecule is CCCCC/C=C\C=C\C(=O)CCCCCCCC(=O)O[C@H](COC(=O)CCC/C=C\C/C=C\C/C=C\C/C=C\CCCCC)COP(=O)(O)OCC[N+](C)(C)C. The minimum Gasteiger partial charge on any atom is -0.462 e. The predicted molar refractivity (Wildman–Crippen MR) is 234 cm³/mol. The Labute approximate surface area is 346 Å². The fourth-order valence-electron chi connectivity index (χ4n) is 5.22. The van der Waals surface area contributed by atoms with E-state index < -0.39 is 32.5 Å². The van der Waals surface area contributed by atoms with Gasteiger partial charge in [0.25, 0.3) is 0 Å². The number of quaternary nitrogens is 1. The molecule has 0 spiro atoms. The van der Waals surface area contributed by atoms with Crippen LogP contribution in [0.4, 0.5) is 0 Å². The summed E-state index contributed by atoms with van der Waals surface area (Å²) >= 11 is 0. The van der Waals surface area contributed by atoms with Crippen LogP contribution in [-0.2, 0) is 37.5 Å². The summed E-state index contributed by atoms with van der Waals surface area (Å²) in [5, 5.41) is 0. The van der Waals surface area contributed by atoms with Crippen molar-refractivity contribution in [1.82, 2.24) is 0 Å². The molecule has 0 aliphatic carbocycles. The topological polar surface area (TPSA) is 125 Å². The molecule has 2 atom stereocenters. The minimum atomic E-state index is -4.42. The Bertz CT molecular complexity index is 1260. The fraction of sp³-hybridized carbons (Fsp3) is 0.674. The first-order valence-electron chi connectivity index (χ1n) is 21.6. The summed E-state index contributed by atoms with van der Waals surface area (Å²) in [4.78, 5) is 47.4. The van der Waals surface area contributed by atoms with Crippen molar-refractivity contribution in [3.63, 3.8) is 0 Å². The Kier molecular flexibility index (Phi) is 35.5. The Balaban J connectivity index is 4.57. The van der Waals surface area contributed by atoms with Crippen LogP contribution in [0.3, 0.4) is 0 Å². The van der Waals surface area contributed by atoms with Gasteiger partial charge < -0.3 is 18.9 Å². The van der Waals surface area contributed by atoms with E-state index in [1.807, 2.05) is 39.4 Å². The molecule has 0 fully saturated rings. The molecular formula is C46H79NO9P+. The number of nitrogens with zero attached hydrogens (tertiary/aromatic N) is 1. The summed E-state index contributed by atoms with van der Waals surface area (Å²) in [5.41, 5.74) is 0. The van der Waals surface area contributed by atoms with Gasteiger partial charge in [-0.25, -0.2) is 4.57 Å². The average Bonchev–Trinajstić information content (AvgIpc) is 3.15. The fourth-order valence-corrected chi connectivity index (χ4v) is 5.96. The molecule has 0 rings (SSSR count). The van der Waals surface area contributed by atoms with Gasteiger partial charge in [0.05, 0.1) is 27.7 Å². The second-order valence-electron chi connectivity index (χ2n) is 15.4. The molecule has 1 unspecified atom stereocenters. The summed E-state index contributed by atoms with van der Waals surface area (Å²) in [6.45, 7) is 4.11. The molecule has 0 aliphatic heterocycles. The quantitative estimate of drug-likeness (QED) is 0.0123. The van der Waals surface area contributed by atoms with E-state index in [4.69, 9.17) is 18.5 Å². The van der Waals surface area contributed by atoms with Gasteiger partial charge >= 0.3 is 19.8 Å². The first-order chi connectivity index (χ1) is 27.4. The van der Waals surface area contributed by atoms with E-state index in [0.29, 0.717) is 30.3 Å². The molecule has 0 aromatic carbocycles. The van der Waals surface area contributed by atoms with E-state index in [1.54, 1.807) is 6.08 Å². The van der Waals surface area contributed by atoms with Crippen LogP contribution < -0.4 is 0 Å². The predicted octanol–water partition coefficient (Wildman–Crippen LogP) is 11.4. The lowest BCUT2D eigenvalue weighted by Gasteiger charge is -2.24. The van der Waals surface area contributed by atoms with E-state index in [1.165, 1.54) is 38.5 Å². The summed E-state index contributed by atoms with van der Waals surface area (Å²) in [6.07, 6.45) is 42.0. The van der Waals surface area contributed by atoms with Gasteiger partial charge in [-0.15, -0.1) is 0 Å². The standard InChI is InChI=1S/C46H78NO9P/c1-6-8-10-12-14-15-16-17-18-19-20-21-22-23-25-29-33-37-45(49)53-41-44(42-55-57(51,52)54-40-39-47(3,4)5)56-46(50)38-34-30-26-28-32-36-43(48)35-31-27-24-13-11-9-7-2/h14-15,17-18,20-21,23-25,27,31,35,44H,6-13,16,19,22,26,28-30,32-34,36-42H2,1-5H3/p+1/b15-14-,18-17-,21-20-,25-23-,27-24-,35-31+/t44-/m1/s1. The first-order valence-corrected chi connectivity index (χ1v) is 23.1. The first kappa shape index (κ1) is 54.1. The molecule has 0 heterocycles. The minimum absolute atomic E-state index is 0.00242. The second kappa shape index (κ2) is 37.4. The van der Waals surface area contributed by atoms with Crippen LogP contribution in [0.1, 0.15) is 149 Å². The van der Waals surface area contributed by atoms with E-state index in [0.717, 1.165) is 64.2 Å². The molecule has 0 aromatic heterocycles. The van der Waals surface area contributed by atoms with E-state index in [2.05, 4.69) is 62.5 Å². The van der Waals surface area contributed by atoms with Gasteiger partial charge in [-0.1, -0.05) is 126 Å². The smallest absolute Gasteiger partial charge is 0.462 e. The van der Waals surface area contributed by atoms with Crippen molar-refractivity contribution in [3.05, 3.63) is 72.9 Å². The van der Waals surface area contributed by atoms with E-state index in [-0.39, 0.29) is 31.8 Å². The third kappa shape index (κ3) is 41.1. The lowest BCUT2D eigenvalue weighted by atomic mass is 10.1. The molecule has 0 aromatic rings. The maximum atomic E-state index is 12.7. The molecule has 57 heavy (non-hydrogen) atoms. The van der Waals surface area contributed by atoms with Gasteiger partial charge in [-0.3, -0.25) is 23.4 Å². The number of hydrogen-bond acceptors (Lipinski definition) is 8. The zero-order valence-corrected chi connectivity index (χ0v) is 37.2. The largest absolute Gasteiger partial charge is 0.472 e. The molecule has 0 radical (unpaired) electrons. The van der Waals surface area contributed by atoms with Crippen molar-refractivity contribution >= 4 is 25.5 Å². The number of carbonyl (C=O) groups is 3. The number of hydrogen-bond donors (Lipinski definition) is 1. The number of carbonyl (C=O) groups excluding carboxylic acids is 3. The van der Waals surface area contributed by atoms with Crippen LogP contribution in [0, 0.1) is 0 Å². The Morgan fingerprint density at radius 1 is 0.596 bits per heavy atom. The summed E-state index contributed by atoms with van der Waals surface area (Å²) < 4.78 is 34.1. The zero-order valence-electron chi connectivity index (χ0n) is 36.3. The van der Waals surface area contributed by atoms with Crippen molar-refractivity contribution < 1.29 is 46.8 Å². The lowest BCUT2D eigenvalue weighted by Crippen LogP contribution is -2.37. The Morgan fingerprint density at radius 3 is 1.72 bits per heavy atom. The van der Waals surface area contributed by atoms with Crippen LogP contribution in [0.5, 0.6) is 0 Å². The molecule has 326 valence electrons. The number of rotatable bonds is 38. The number of phosphoric ester groups is 1. The maximum Gasteiger partial charge on any atom is 0.472 e. The van der Waals surface area contributed by atoms with Crippen LogP contribution in [0.25, 0.3) is 0 Å². The highest BCUT2D eigenvalue weighted by Gasteiger charge is 2.27. The van der Waals surface area contributed by atoms with E-state index >= 15 is 0 Å². The van der Waals surface area contributed by atoms with Crippen molar-refractivity contribution in [2.24, 2.45) is 0 Å². The number of unbranched alkanes of at least 4 members (excludes halogenated alkanes) is 11. The second-order valence-corrected chi connectivity index (χ2v) is 16.9. The molecule has 0 aliphatic rings. The highest BCUT2D eigenvalue weighted by Crippen LogP contribution is 2.43. The molecule has 11 heteroatoms. The molecule has 0 saturated carbocycles. The van der Waals surface area contributed by atoms with E-state index in [9.17, 15) is 23.8 Å². The van der Waals surface area contributed by atoms with Gasteiger partial charge in [0.1, 0.15) is 19.8 Å². The molecular weight excluding hydrogens is 741 g/mol. The summed E-state index contributed by atoms with van der Waals surface area (Å²) in [7, 11) is 1.36. The van der Waals surface area contributed by atoms with Gasteiger partial charge in [0, 0.05) is 19.3 Å². The summed E-state index contributed by atoms with van der Waals surface area (Å²) in [6, 6.07) is 0. The molecule has 10 nitrogen and oxygen atoms in total. The number of ketones is 1. The number of likely N-dealkylation sites (N-methyl/N-ethyl adjacent to an activating group) is 1. The summed E-state index contributed by atoms with van der Waals surface area (Å²) in [5.74, 6) is -0.850. The molecule has 0 saturated heterocycles. The van der Waals surface area contributed by atoms with Crippen LogP contribution in [-0.4, -0.2) is 80.7 Å². The lowest BCUT2D eigenvalue weighted by molar-refractivity contribution is -0.870. The zero-order chi connectivity index (χ0) is 42.3. The molecule has 0 amide bonds. The number of esters is 2. The van der Waals surface area contributed by atoms with Gasteiger partial charge in [0.15, 0.2) is 11.9 Å². The normalized spacial score (nSPS) is 14.2. The van der Waals surface area contributed by atoms with Crippen molar-refractivity contribution in [2.45, 2.75) is 155 Å². The molecule has 0 bridgehead atoms. The van der Waals surface area contributed by atoms with Crippen LogP contribution in [0.2, 0.25) is 0 Å². The molecule has 1 N–H and O–H groups in total. The number of phosphoric acid groups is 1. The Hall–Kier alpha value is -2.88. The monoisotopic (exact) mass is 821 g/mol. The van der Waals surface area contributed by atoms with Crippen molar-refractivity contribution in [2.75, 3.05) is 47.5 Å². The maximum absolute atomic E-state index is 12.7. The van der Waals surface area contributed by atoms with Crippen molar-refractivity contribution in [1.29, 1.82) is 0 Å². The van der Waals surface area contributed by atoms with Crippen LogP contribution >= 0.6 is 7.82 Å². The average molecular weight is 821 g/mol. The van der Waals surface area contributed by atoms with Crippen LogP contribution in [0.15, 0.2) is 72.9 Å². The highest BCUT2D eigenvalue weighted by molar-refractivity contribution is 7.47. The third-order valence-corrected chi connectivity index (χ3v) is 9.67. The number of ether oxygens (including phenoxy) is 2. The Morgan fingerprint density at radius 2 is 1.12 bits per heavy atom.